The van der Waals surface area contributed by atoms with Crippen LogP contribution in [0, 0.1) is 11.8 Å². The molecule has 0 unspecified atom stereocenters. The second-order valence-electron chi connectivity index (χ2n) is 10.9. The Hall–Kier alpha value is -2.56. The molecule has 2 aromatic heterocycles. The fourth-order valence-corrected chi connectivity index (χ4v) is 5.53. The third-order valence-corrected chi connectivity index (χ3v) is 7.13. The van der Waals surface area contributed by atoms with E-state index < -0.39 is 25.1 Å². The van der Waals surface area contributed by atoms with Crippen LogP contribution in [-0.4, -0.2) is 55.8 Å². The molecule has 2 rings (SSSR count). The first kappa shape index (κ1) is 31.7. The van der Waals surface area contributed by atoms with Crippen LogP contribution in [-0.2, 0) is 30.0 Å². The number of nitrogens with one attached hydrogen (secondary N) is 1. The van der Waals surface area contributed by atoms with Gasteiger partial charge < -0.3 is 24.4 Å². The topological polar surface area (TPSA) is 156 Å². The number of oxime groups is 1. The van der Waals surface area contributed by atoms with Gasteiger partial charge in [-0.3, -0.25) is 9.36 Å². The van der Waals surface area contributed by atoms with Crippen LogP contribution in [0.25, 0.3) is 11.2 Å². The highest BCUT2D eigenvalue weighted by molar-refractivity contribution is 7.56. The standard InChI is InChI=1S/C25H44N7O5P/c1-9-10-35-24(33)25(7,8)31-38(34,37-30-20(11-17(2)3)12-18(4)5)16-36-19(6)13-32-15-29-21-22(26)27-14-28-23(21)32/h14-15,17-19H,9-13,16H2,1-8H3,(H,31,34)(H2,26,27,28)/t19-,38-/m1/s1. The van der Waals surface area contributed by atoms with Crippen molar-refractivity contribution in [3.05, 3.63) is 12.7 Å². The highest BCUT2D eigenvalue weighted by Crippen LogP contribution is 2.46. The highest BCUT2D eigenvalue weighted by Gasteiger charge is 2.40. The van der Waals surface area contributed by atoms with E-state index in [9.17, 15) is 9.36 Å². The summed E-state index contributed by atoms with van der Waals surface area (Å²) in [6.45, 7) is 15.9. The van der Waals surface area contributed by atoms with E-state index in [4.69, 9.17) is 19.8 Å². The number of hydrogen-bond acceptors (Lipinski definition) is 10. The summed E-state index contributed by atoms with van der Waals surface area (Å²) in [6.07, 6.45) is 4.33. The number of hydrogen-bond donors (Lipinski definition) is 2. The van der Waals surface area contributed by atoms with Crippen molar-refractivity contribution in [2.45, 2.75) is 92.8 Å². The van der Waals surface area contributed by atoms with E-state index in [0.29, 0.717) is 48.8 Å². The van der Waals surface area contributed by atoms with Gasteiger partial charge in [-0.1, -0.05) is 39.8 Å². The number of imidazole rings is 1. The van der Waals surface area contributed by atoms with E-state index in [2.05, 4.69) is 52.9 Å². The van der Waals surface area contributed by atoms with Crippen LogP contribution >= 0.6 is 7.52 Å². The van der Waals surface area contributed by atoms with Gasteiger partial charge >= 0.3 is 13.5 Å². The molecule has 0 aliphatic heterocycles. The number of carbonyl (C=O) groups excluding carboxylic acids is 1. The Balaban J connectivity index is 2.22. The molecule has 3 N–H and O–H groups in total. The number of carbonyl (C=O) groups is 1. The molecule has 0 aliphatic rings. The summed E-state index contributed by atoms with van der Waals surface area (Å²) in [4.78, 5) is 25.1. The molecule has 0 aromatic carbocycles. The fourth-order valence-electron chi connectivity index (χ4n) is 3.73. The van der Waals surface area contributed by atoms with Crippen LogP contribution in [0.4, 0.5) is 5.82 Å². The van der Waals surface area contributed by atoms with E-state index in [1.54, 1.807) is 24.7 Å². The normalized spacial score (nSPS) is 14.5. The number of nitrogens with zero attached hydrogens (tertiary/aromatic N) is 5. The number of esters is 1. The maximum Gasteiger partial charge on any atom is 0.365 e. The molecule has 0 radical (unpaired) electrons. The molecule has 2 aromatic rings. The maximum atomic E-state index is 14.0. The largest absolute Gasteiger partial charge is 0.464 e. The Labute approximate surface area is 225 Å². The average Bonchev–Trinajstić information content (AvgIpc) is 3.23. The second-order valence-corrected chi connectivity index (χ2v) is 12.9. The first-order valence-electron chi connectivity index (χ1n) is 13.1. The van der Waals surface area contributed by atoms with E-state index in [-0.39, 0.29) is 18.8 Å². The van der Waals surface area contributed by atoms with Crippen LogP contribution in [0.5, 0.6) is 0 Å². The zero-order valence-electron chi connectivity index (χ0n) is 23.9. The monoisotopic (exact) mass is 553 g/mol. The summed E-state index contributed by atoms with van der Waals surface area (Å²) in [5.41, 5.74) is 6.46. The first-order chi connectivity index (χ1) is 17.8. The highest BCUT2D eigenvalue weighted by atomic mass is 31.2. The smallest absolute Gasteiger partial charge is 0.365 e. The molecule has 214 valence electrons. The second kappa shape index (κ2) is 14.0. The lowest BCUT2D eigenvalue weighted by atomic mass is 9.99. The molecular formula is C25H44N7O5P. The summed E-state index contributed by atoms with van der Waals surface area (Å²) in [5, 5.41) is 7.16. The van der Waals surface area contributed by atoms with Gasteiger partial charge in [-0.2, -0.15) is 0 Å². The van der Waals surface area contributed by atoms with Gasteiger partial charge in [0, 0.05) is 0 Å². The molecule has 38 heavy (non-hydrogen) atoms. The molecule has 13 heteroatoms. The predicted octanol–water partition coefficient (Wildman–Crippen LogP) is 4.75. The lowest BCUT2D eigenvalue weighted by molar-refractivity contribution is -0.149. The van der Waals surface area contributed by atoms with Crippen molar-refractivity contribution in [3.63, 3.8) is 0 Å². The van der Waals surface area contributed by atoms with Crippen molar-refractivity contribution in [1.82, 2.24) is 24.6 Å². The number of nitrogen functional groups attached to an aromatic ring is 1. The molecule has 2 atom stereocenters. The minimum absolute atomic E-state index is 0.265. The van der Waals surface area contributed by atoms with Crippen LogP contribution in [0.15, 0.2) is 17.8 Å². The van der Waals surface area contributed by atoms with E-state index in [1.165, 1.54) is 6.33 Å². The molecule has 0 bridgehead atoms. The van der Waals surface area contributed by atoms with Gasteiger partial charge in [-0.15, -0.1) is 0 Å². The van der Waals surface area contributed by atoms with Gasteiger partial charge in [0.05, 0.1) is 31.3 Å². The number of aromatic nitrogens is 4. The van der Waals surface area contributed by atoms with Crippen molar-refractivity contribution in [1.29, 1.82) is 0 Å². The molecule has 2 heterocycles. The van der Waals surface area contributed by atoms with Crippen molar-refractivity contribution < 1.29 is 23.5 Å². The summed E-state index contributed by atoms with van der Waals surface area (Å²) in [6, 6.07) is 0. The first-order valence-corrected chi connectivity index (χ1v) is 14.9. The Kier molecular flexibility index (Phi) is 11.7. The van der Waals surface area contributed by atoms with Crippen molar-refractivity contribution >= 4 is 36.2 Å². The quantitative estimate of drug-likeness (QED) is 0.129. The lowest BCUT2D eigenvalue weighted by Gasteiger charge is -2.29. The van der Waals surface area contributed by atoms with Gasteiger partial charge in [0.25, 0.3) is 0 Å². The molecule has 0 amide bonds. The Morgan fingerprint density at radius 1 is 1.16 bits per heavy atom. The Morgan fingerprint density at radius 3 is 2.42 bits per heavy atom. The third kappa shape index (κ3) is 9.63. The predicted molar refractivity (Wildman–Crippen MR) is 149 cm³/mol. The molecule has 0 aliphatic carbocycles. The van der Waals surface area contributed by atoms with Gasteiger partial charge in [0.2, 0.25) is 0 Å². The molecule has 0 spiro atoms. The zero-order valence-corrected chi connectivity index (χ0v) is 24.8. The maximum absolute atomic E-state index is 14.0. The number of anilines is 1. The molecule has 0 saturated carbocycles. The lowest BCUT2D eigenvalue weighted by Crippen LogP contribution is -2.46. The summed E-state index contributed by atoms with van der Waals surface area (Å²) in [5.74, 6) is 0.455. The third-order valence-electron chi connectivity index (χ3n) is 5.40. The van der Waals surface area contributed by atoms with Crippen molar-refractivity contribution in [2.24, 2.45) is 17.0 Å². The number of fused-ring (bicyclic) bond motifs is 1. The van der Waals surface area contributed by atoms with Gasteiger partial charge in [0.15, 0.2) is 11.5 Å². The minimum Gasteiger partial charge on any atom is -0.464 e. The van der Waals surface area contributed by atoms with Gasteiger partial charge in [-0.05, 0) is 51.9 Å². The summed E-state index contributed by atoms with van der Waals surface area (Å²) >= 11 is 0. The van der Waals surface area contributed by atoms with Gasteiger partial charge in [-0.25, -0.2) is 20.0 Å². The molecule has 0 saturated heterocycles. The molecular weight excluding hydrogens is 509 g/mol. The van der Waals surface area contributed by atoms with Crippen molar-refractivity contribution in [2.75, 3.05) is 18.7 Å². The molecule has 12 nitrogen and oxygen atoms in total. The zero-order chi connectivity index (χ0) is 28.5. The number of ether oxygens (including phenoxy) is 2. The van der Waals surface area contributed by atoms with Crippen LogP contribution in [0.1, 0.15) is 74.7 Å². The van der Waals surface area contributed by atoms with Crippen LogP contribution in [0.2, 0.25) is 0 Å². The van der Waals surface area contributed by atoms with Crippen LogP contribution < -0.4 is 10.8 Å². The van der Waals surface area contributed by atoms with E-state index in [1.807, 2.05) is 13.8 Å². The van der Waals surface area contributed by atoms with Gasteiger partial charge in [0.1, 0.15) is 23.7 Å². The average molecular weight is 554 g/mol. The Bertz CT molecular complexity index is 1120. The van der Waals surface area contributed by atoms with Crippen molar-refractivity contribution in [3.8, 4) is 0 Å². The van der Waals surface area contributed by atoms with E-state index >= 15 is 0 Å². The molecule has 0 fully saturated rings. The summed E-state index contributed by atoms with van der Waals surface area (Å²) in [7, 11) is -3.80. The van der Waals surface area contributed by atoms with Crippen LogP contribution in [0.3, 0.4) is 0 Å². The number of nitrogens with two attached hydrogens (primary N) is 1. The summed E-state index contributed by atoms with van der Waals surface area (Å²) < 4.78 is 32.8. The fraction of sp³-hybridized carbons (Fsp3) is 0.720. The number of rotatable bonds is 16. The minimum atomic E-state index is -3.80. The van der Waals surface area contributed by atoms with E-state index in [0.717, 1.165) is 5.71 Å². The Morgan fingerprint density at radius 2 is 1.82 bits per heavy atom. The SMILES string of the molecule is CCCOC(=O)C(C)(C)N[P@@](=O)(CO[C@H](C)Cn1cnc2c(N)ncnc21)ON=C(CC(C)C)CC(C)C.